The molecule has 176 valence electrons. The molecular formula is C25H28N6O3. The van der Waals surface area contributed by atoms with Gasteiger partial charge < -0.3 is 9.64 Å². The van der Waals surface area contributed by atoms with Crippen molar-refractivity contribution in [3.63, 3.8) is 0 Å². The summed E-state index contributed by atoms with van der Waals surface area (Å²) in [4.78, 5) is 27.1. The van der Waals surface area contributed by atoms with Crippen LogP contribution in [0.4, 0.5) is 0 Å². The third-order valence-electron chi connectivity index (χ3n) is 5.55. The van der Waals surface area contributed by atoms with Gasteiger partial charge in [-0.2, -0.15) is 5.21 Å². The summed E-state index contributed by atoms with van der Waals surface area (Å²) in [7, 11) is 0. The van der Waals surface area contributed by atoms with Gasteiger partial charge in [0.2, 0.25) is 11.7 Å². The van der Waals surface area contributed by atoms with Gasteiger partial charge >= 0.3 is 5.97 Å². The number of amides is 1. The van der Waals surface area contributed by atoms with E-state index in [4.69, 9.17) is 5.26 Å². The van der Waals surface area contributed by atoms with Crippen LogP contribution in [0.3, 0.4) is 0 Å². The quantitative estimate of drug-likeness (QED) is 0.357. The van der Waals surface area contributed by atoms with Crippen molar-refractivity contribution in [1.29, 1.82) is 5.26 Å². The predicted octanol–water partition coefficient (Wildman–Crippen LogP) is 4.10. The molecule has 1 N–H and O–H groups in total. The maximum atomic E-state index is 13.0. The minimum atomic E-state index is -0.845. The van der Waals surface area contributed by atoms with Crippen molar-refractivity contribution >= 4 is 11.9 Å². The van der Waals surface area contributed by atoms with E-state index < -0.39 is 12.0 Å². The first kappa shape index (κ1) is 24.6. The number of nitriles is 1. The Kier molecular flexibility index (Phi) is 8.46. The monoisotopic (exact) mass is 460 g/mol. The van der Waals surface area contributed by atoms with Crippen LogP contribution in [0, 0.1) is 17.4 Å². The number of nitrogens with zero attached hydrogens (tertiary/aromatic N) is 5. The van der Waals surface area contributed by atoms with Crippen LogP contribution in [-0.4, -0.2) is 43.4 Å². The number of carbonyl (C=O) groups excluding carboxylic acids is 2. The first-order chi connectivity index (χ1) is 16.5. The summed E-state index contributed by atoms with van der Waals surface area (Å²) in [6.07, 6.45) is 3.36. The second kappa shape index (κ2) is 11.7. The van der Waals surface area contributed by atoms with Gasteiger partial charge in [-0.05, 0) is 34.2 Å². The van der Waals surface area contributed by atoms with Gasteiger partial charge in [-0.15, -0.1) is 15.5 Å². The van der Waals surface area contributed by atoms with Gasteiger partial charge in [-0.3, -0.25) is 4.79 Å². The molecule has 0 aliphatic heterocycles. The van der Waals surface area contributed by atoms with E-state index in [-0.39, 0.29) is 18.4 Å². The number of carbonyl (C=O) groups is 2. The molecule has 0 saturated heterocycles. The van der Waals surface area contributed by atoms with Crippen LogP contribution in [0.5, 0.6) is 0 Å². The smallest absolute Gasteiger partial charge is 0.344 e. The zero-order valence-corrected chi connectivity index (χ0v) is 19.6. The number of H-pyrrole nitrogens is 1. The molecule has 0 spiro atoms. The van der Waals surface area contributed by atoms with Crippen LogP contribution in [0.1, 0.15) is 45.6 Å². The molecule has 9 heteroatoms. The Balaban J connectivity index is 1.89. The zero-order chi connectivity index (χ0) is 24.5. The van der Waals surface area contributed by atoms with Crippen molar-refractivity contribution in [2.45, 2.75) is 52.6 Å². The Hall–Kier alpha value is -4.06. The average molecular weight is 461 g/mol. The maximum absolute atomic E-state index is 13.0. The van der Waals surface area contributed by atoms with E-state index in [1.54, 1.807) is 0 Å². The summed E-state index contributed by atoms with van der Waals surface area (Å²) in [6.45, 7) is 5.91. The van der Waals surface area contributed by atoms with Gasteiger partial charge in [0.1, 0.15) is 6.04 Å². The van der Waals surface area contributed by atoms with Crippen LogP contribution in [0.15, 0.2) is 48.5 Å². The molecule has 1 atom stereocenters. The Morgan fingerprint density at radius 3 is 2.41 bits per heavy atom. The molecule has 3 aromatic rings. The van der Waals surface area contributed by atoms with Gasteiger partial charge in [0.25, 0.3) is 6.26 Å². The van der Waals surface area contributed by atoms with Gasteiger partial charge in [-0.25, -0.2) is 4.79 Å². The first-order valence-electron chi connectivity index (χ1n) is 11.3. The van der Waals surface area contributed by atoms with E-state index in [0.29, 0.717) is 12.2 Å². The zero-order valence-electron chi connectivity index (χ0n) is 19.6. The van der Waals surface area contributed by atoms with Crippen molar-refractivity contribution in [3.8, 4) is 28.8 Å². The highest BCUT2D eigenvalue weighted by atomic mass is 16.5. The van der Waals surface area contributed by atoms with Crippen LogP contribution >= 0.6 is 0 Å². The SMILES string of the molecule is CCCCC(=O)N(Cc1ccc(-c2ccccc2-c2nn[nH]n2)cc1)[C@H](C(=O)OC#N)C(C)C. The van der Waals surface area contributed by atoms with E-state index >= 15 is 0 Å². The molecule has 1 aromatic heterocycles. The number of ether oxygens (including phenoxy) is 1. The van der Waals surface area contributed by atoms with Crippen molar-refractivity contribution in [1.82, 2.24) is 25.5 Å². The Morgan fingerprint density at radius 1 is 1.12 bits per heavy atom. The second-order valence-corrected chi connectivity index (χ2v) is 8.30. The third-order valence-corrected chi connectivity index (χ3v) is 5.55. The molecule has 9 nitrogen and oxygen atoms in total. The summed E-state index contributed by atoms with van der Waals surface area (Å²) in [6, 6.07) is 14.7. The molecule has 0 aliphatic carbocycles. The molecule has 3 rings (SSSR count). The van der Waals surface area contributed by atoms with E-state index in [1.165, 1.54) is 11.2 Å². The topological polar surface area (TPSA) is 125 Å². The number of esters is 1. The van der Waals surface area contributed by atoms with E-state index in [2.05, 4.69) is 25.4 Å². The molecule has 0 bridgehead atoms. The summed E-state index contributed by atoms with van der Waals surface area (Å²) in [5.74, 6) is -0.564. The Morgan fingerprint density at radius 2 is 1.82 bits per heavy atom. The number of nitrogens with one attached hydrogen (secondary N) is 1. The summed E-state index contributed by atoms with van der Waals surface area (Å²) >= 11 is 0. The van der Waals surface area contributed by atoms with Crippen molar-refractivity contribution in [2.75, 3.05) is 0 Å². The summed E-state index contributed by atoms with van der Waals surface area (Å²) in [5.41, 5.74) is 3.61. The molecule has 0 aliphatic rings. The highest BCUT2D eigenvalue weighted by Gasteiger charge is 2.33. The van der Waals surface area contributed by atoms with Crippen LogP contribution in [0.2, 0.25) is 0 Å². The number of rotatable bonds is 10. The molecule has 0 fully saturated rings. The molecule has 1 amide bonds. The van der Waals surface area contributed by atoms with Gasteiger partial charge in [0.15, 0.2) is 0 Å². The summed E-state index contributed by atoms with van der Waals surface area (Å²) in [5, 5.41) is 23.1. The lowest BCUT2D eigenvalue weighted by Gasteiger charge is -2.32. The fraction of sp³-hybridized carbons (Fsp3) is 0.360. The molecule has 0 saturated carbocycles. The van der Waals surface area contributed by atoms with Gasteiger partial charge in [0.05, 0.1) is 0 Å². The first-order valence-corrected chi connectivity index (χ1v) is 11.3. The van der Waals surface area contributed by atoms with Crippen LogP contribution in [0.25, 0.3) is 22.5 Å². The lowest BCUT2D eigenvalue weighted by atomic mass is 9.97. The Bertz CT molecular complexity index is 1140. The molecule has 0 unspecified atom stereocenters. The van der Waals surface area contributed by atoms with Crippen LogP contribution < -0.4 is 0 Å². The minimum absolute atomic E-state index is 0.137. The summed E-state index contributed by atoms with van der Waals surface area (Å²) < 4.78 is 4.62. The standard InChI is InChI=1S/C25H28N6O3/c1-4-5-10-22(32)31(23(17(2)3)25(33)34-16-26)15-18-11-13-19(14-12-18)20-8-6-7-9-21(20)24-27-29-30-28-24/h6-9,11-14,17,23H,4-5,10,15H2,1-3H3,(H,27,28,29,30)/t23-/m0/s1. The second-order valence-electron chi connectivity index (χ2n) is 8.30. The van der Waals surface area contributed by atoms with E-state index in [1.807, 2.05) is 69.3 Å². The molecule has 0 radical (unpaired) electrons. The van der Waals surface area contributed by atoms with Crippen molar-refractivity contribution < 1.29 is 14.3 Å². The fourth-order valence-corrected chi connectivity index (χ4v) is 3.87. The highest BCUT2D eigenvalue weighted by molar-refractivity contribution is 5.85. The molecule has 34 heavy (non-hydrogen) atoms. The van der Waals surface area contributed by atoms with Crippen molar-refractivity contribution in [2.24, 2.45) is 5.92 Å². The number of hydrogen-bond donors (Lipinski definition) is 1. The maximum Gasteiger partial charge on any atom is 0.344 e. The lowest BCUT2D eigenvalue weighted by Crippen LogP contribution is -2.48. The number of hydrogen-bond acceptors (Lipinski definition) is 7. The van der Waals surface area contributed by atoms with Gasteiger partial charge in [-0.1, -0.05) is 75.7 Å². The van der Waals surface area contributed by atoms with Gasteiger partial charge in [0, 0.05) is 18.5 Å². The van der Waals surface area contributed by atoms with Crippen LogP contribution in [-0.2, 0) is 20.9 Å². The predicted molar refractivity (Wildman–Crippen MR) is 125 cm³/mol. The third kappa shape index (κ3) is 5.84. The number of aromatic nitrogens is 4. The minimum Gasteiger partial charge on any atom is -0.349 e. The van der Waals surface area contributed by atoms with E-state index in [9.17, 15) is 9.59 Å². The average Bonchev–Trinajstić information content (AvgIpc) is 3.37. The lowest BCUT2D eigenvalue weighted by molar-refractivity contribution is -0.152. The molecule has 2 aromatic carbocycles. The molecular weight excluding hydrogens is 432 g/mol. The largest absolute Gasteiger partial charge is 0.349 e. The number of tetrazole rings is 1. The Labute approximate surface area is 198 Å². The number of unbranched alkanes of at least 4 members (excludes halogenated alkanes) is 1. The highest BCUT2D eigenvalue weighted by Crippen LogP contribution is 2.30. The number of benzene rings is 2. The normalized spacial score (nSPS) is 11.6. The number of aromatic amines is 1. The molecule has 1 heterocycles. The fourth-order valence-electron chi connectivity index (χ4n) is 3.87. The van der Waals surface area contributed by atoms with Crippen molar-refractivity contribution in [3.05, 3.63) is 54.1 Å². The van der Waals surface area contributed by atoms with E-state index in [0.717, 1.165) is 35.1 Å².